The van der Waals surface area contributed by atoms with Crippen LogP contribution in [0.3, 0.4) is 0 Å². The molecule has 0 atom stereocenters. The van der Waals surface area contributed by atoms with Crippen molar-refractivity contribution in [1.29, 1.82) is 0 Å². The second-order valence-corrected chi connectivity index (χ2v) is 4.37. The van der Waals surface area contributed by atoms with E-state index in [1.54, 1.807) is 11.3 Å². The van der Waals surface area contributed by atoms with E-state index in [2.05, 4.69) is 5.32 Å². The molecule has 1 aromatic rings. The summed E-state index contributed by atoms with van der Waals surface area (Å²) >= 11 is 1.59. The number of amides is 1. The quantitative estimate of drug-likeness (QED) is 0.670. The lowest BCUT2D eigenvalue weighted by Gasteiger charge is -2.14. The van der Waals surface area contributed by atoms with Crippen LogP contribution in [0.5, 0.6) is 5.75 Å². The maximum atomic E-state index is 11.5. The fourth-order valence-corrected chi connectivity index (χ4v) is 2.92. The third-order valence-corrected chi connectivity index (χ3v) is 3.76. The number of carbonyl (C=O) groups is 1. The van der Waals surface area contributed by atoms with Crippen LogP contribution in [-0.2, 0) is 12.8 Å². The molecule has 2 heterocycles. The standard InChI is InChI=1S/C9H9NO2S/c11-9-8-7(12-4-3-10-9)5-1-2-6(5)13-8/h1-4H2,(H,10,11). The average Bonchev–Trinajstić information content (AvgIpc) is 2.22. The van der Waals surface area contributed by atoms with E-state index in [1.807, 2.05) is 0 Å². The fourth-order valence-electron chi connectivity index (χ4n) is 1.71. The molecule has 1 N–H and O–H groups in total. The summed E-state index contributed by atoms with van der Waals surface area (Å²) < 4.78 is 5.55. The minimum atomic E-state index is 0.0342. The molecule has 3 rings (SSSR count). The van der Waals surface area contributed by atoms with Crippen molar-refractivity contribution in [3.8, 4) is 5.75 Å². The van der Waals surface area contributed by atoms with Crippen molar-refractivity contribution in [2.45, 2.75) is 12.8 Å². The Morgan fingerprint density at radius 1 is 1.38 bits per heavy atom. The lowest BCUT2D eigenvalue weighted by Crippen LogP contribution is -2.24. The molecule has 68 valence electrons. The Labute approximate surface area is 79.7 Å². The van der Waals surface area contributed by atoms with Gasteiger partial charge in [-0.2, -0.15) is 0 Å². The molecule has 1 amide bonds. The first-order chi connectivity index (χ1) is 6.36. The molecule has 0 saturated heterocycles. The van der Waals surface area contributed by atoms with Crippen LogP contribution in [0, 0.1) is 0 Å². The molecule has 13 heavy (non-hydrogen) atoms. The van der Waals surface area contributed by atoms with E-state index in [-0.39, 0.29) is 5.91 Å². The Hall–Kier alpha value is -1.03. The highest BCUT2D eigenvalue weighted by Crippen LogP contribution is 2.42. The van der Waals surface area contributed by atoms with Crippen molar-refractivity contribution in [2.24, 2.45) is 0 Å². The van der Waals surface area contributed by atoms with Gasteiger partial charge in [-0.1, -0.05) is 0 Å². The van der Waals surface area contributed by atoms with E-state index in [0.717, 1.165) is 23.5 Å². The molecule has 0 spiro atoms. The zero-order valence-electron chi connectivity index (χ0n) is 7.05. The van der Waals surface area contributed by atoms with Gasteiger partial charge in [-0.25, -0.2) is 0 Å². The van der Waals surface area contributed by atoms with Crippen LogP contribution in [0.2, 0.25) is 0 Å². The molecule has 2 aliphatic rings. The molecular weight excluding hydrogens is 186 g/mol. The van der Waals surface area contributed by atoms with Gasteiger partial charge in [-0.05, 0) is 12.8 Å². The number of ether oxygens (including phenoxy) is 1. The van der Waals surface area contributed by atoms with Gasteiger partial charge in [-0.3, -0.25) is 4.79 Å². The summed E-state index contributed by atoms with van der Waals surface area (Å²) in [5.74, 6) is 0.896. The number of hydrogen-bond acceptors (Lipinski definition) is 3. The van der Waals surface area contributed by atoms with Gasteiger partial charge in [0.2, 0.25) is 0 Å². The van der Waals surface area contributed by atoms with E-state index in [9.17, 15) is 4.79 Å². The molecule has 4 heteroatoms. The maximum absolute atomic E-state index is 11.5. The van der Waals surface area contributed by atoms with Gasteiger partial charge in [0.15, 0.2) is 0 Å². The summed E-state index contributed by atoms with van der Waals surface area (Å²) in [6.07, 6.45) is 2.19. The van der Waals surface area contributed by atoms with Crippen molar-refractivity contribution in [3.05, 3.63) is 15.3 Å². The molecule has 1 aromatic heterocycles. The second kappa shape index (κ2) is 2.48. The predicted molar refractivity (Wildman–Crippen MR) is 49.6 cm³/mol. The van der Waals surface area contributed by atoms with Gasteiger partial charge in [-0.15, -0.1) is 11.3 Å². The summed E-state index contributed by atoms with van der Waals surface area (Å²) in [7, 11) is 0. The second-order valence-electron chi connectivity index (χ2n) is 3.27. The number of rotatable bonds is 0. The number of aryl methyl sites for hydroxylation is 1. The molecule has 0 radical (unpaired) electrons. The Morgan fingerprint density at radius 3 is 3.08 bits per heavy atom. The Balaban J connectivity index is 2.15. The van der Waals surface area contributed by atoms with Crippen molar-refractivity contribution in [2.75, 3.05) is 13.2 Å². The maximum Gasteiger partial charge on any atom is 0.265 e. The lowest BCUT2D eigenvalue weighted by molar-refractivity contribution is 0.0961. The first-order valence-electron chi connectivity index (χ1n) is 4.42. The minimum Gasteiger partial charge on any atom is -0.490 e. The van der Waals surface area contributed by atoms with Gasteiger partial charge in [0.05, 0.1) is 6.54 Å². The number of carbonyl (C=O) groups excluding carboxylic acids is 1. The van der Waals surface area contributed by atoms with Crippen molar-refractivity contribution >= 4 is 17.2 Å². The van der Waals surface area contributed by atoms with Gasteiger partial charge in [0.1, 0.15) is 17.2 Å². The molecule has 0 aromatic carbocycles. The fraction of sp³-hybridized carbons (Fsp3) is 0.444. The average molecular weight is 195 g/mol. The largest absolute Gasteiger partial charge is 0.490 e. The van der Waals surface area contributed by atoms with E-state index >= 15 is 0 Å². The van der Waals surface area contributed by atoms with Crippen LogP contribution in [0.25, 0.3) is 0 Å². The molecule has 0 saturated carbocycles. The Kier molecular flexibility index (Phi) is 1.41. The minimum absolute atomic E-state index is 0.0342. The van der Waals surface area contributed by atoms with Crippen LogP contribution in [0.4, 0.5) is 0 Å². The van der Waals surface area contributed by atoms with E-state index < -0.39 is 0 Å². The monoisotopic (exact) mass is 195 g/mol. The predicted octanol–water partition coefficient (Wildman–Crippen LogP) is 0.969. The topological polar surface area (TPSA) is 38.3 Å². The first kappa shape index (κ1) is 7.38. The highest BCUT2D eigenvalue weighted by Gasteiger charge is 2.30. The number of nitrogens with one attached hydrogen (secondary N) is 1. The molecular formula is C9H9NO2S. The zero-order valence-corrected chi connectivity index (χ0v) is 7.87. The molecule has 0 unspecified atom stereocenters. The smallest absolute Gasteiger partial charge is 0.265 e. The Bertz CT molecular complexity index is 383. The van der Waals surface area contributed by atoms with Gasteiger partial charge >= 0.3 is 0 Å². The summed E-state index contributed by atoms with van der Waals surface area (Å²) in [6, 6.07) is 0. The molecule has 1 aliphatic heterocycles. The van der Waals surface area contributed by atoms with Crippen LogP contribution < -0.4 is 10.1 Å². The van der Waals surface area contributed by atoms with Gasteiger partial charge in [0.25, 0.3) is 5.91 Å². The summed E-state index contributed by atoms with van der Waals surface area (Å²) in [5.41, 5.74) is 1.28. The third kappa shape index (κ3) is 0.920. The SMILES string of the molecule is O=C1NCCOc2c1sc1c2CC1. The van der Waals surface area contributed by atoms with E-state index in [1.165, 1.54) is 10.4 Å². The molecule has 0 fully saturated rings. The Morgan fingerprint density at radius 2 is 2.31 bits per heavy atom. The van der Waals surface area contributed by atoms with Gasteiger partial charge in [0, 0.05) is 10.4 Å². The molecule has 0 bridgehead atoms. The van der Waals surface area contributed by atoms with Crippen molar-refractivity contribution in [3.63, 3.8) is 0 Å². The molecule has 3 nitrogen and oxygen atoms in total. The number of hydrogen-bond donors (Lipinski definition) is 1. The third-order valence-electron chi connectivity index (χ3n) is 2.48. The molecule has 1 aliphatic carbocycles. The highest BCUT2D eigenvalue weighted by atomic mass is 32.1. The van der Waals surface area contributed by atoms with Crippen LogP contribution in [0.15, 0.2) is 0 Å². The lowest BCUT2D eigenvalue weighted by atomic mass is 9.97. The van der Waals surface area contributed by atoms with Crippen molar-refractivity contribution in [1.82, 2.24) is 5.32 Å². The number of fused-ring (bicyclic) bond motifs is 3. The zero-order chi connectivity index (χ0) is 8.84. The normalized spacial score (nSPS) is 18.9. The summed E-state index contributed by atoms with van der Waals surface area (Å²) in [6.45, 7) is 1.22. The first-order valence-corrected chi connectivity index (χ1v) is 5.23. The van der Waals surface area contributed by atoms with Crippen molar-refractivity contribution < 1.29 is 9.53 Å². The summed E-state index contributed by atoms with van der Waals surface area (Å²) in [4.78, 5) is 13.6. The van der Waals surface area contributed by atoms with Crippen LogP contribution >= 0.6 is 11.3 Å². The van der Waals surface area contributed by atoms with Crippen LogP contribution in [0.1, 0.15) is 20.1 Å². The summed E-state index contributed by atoms with van der Waals surface area (Å²) in [5, 5.41) is 2.82. The highest BCUT2D eigenvalue weighted by molar-refractivity contribution is 7.14. The van der Waals surface area contributed by atoms with E-state index in [4.69, 9.17) is 4.74 Å². The number of thiophene rings is 1. The van der Waals surface area contributed by atoms with Crippen LogP contribution in [-0.4, -0.2) is 19.1 Å². The van der Waals surface area contributed by atoms with Gasteiger partial charge < -0.3 is 10.1 Å². The van der Waals surface area contributed by atoms with E-state index in [0.29, 0.717) is 13.2 Å².